The highest BCUT2D eigenvalue weighted by Gasteiger charge is 2.15. The number of benzene rings is 1. The second-order valence-corrected chi connectivity index (χ2v) is 5.58. The van der Waals surface area contributed by atoms with Gasteiger partial charge in [0.15, 0.2) is 0 Å². The number of hydrogen-bond donors (Lipinski definition) is 2. The summed E-state index contributed by atoms with van der Waals surface area (Å²) in [7, 11) is 0. The largest absolute Gasteiger partial charge is 0.395 e. The van der Waals surface area contributed by atoms with Crippen molar-refractivity contribution in [2.45, 2.75) is 52.2 Å². The summed E-state index contributed by atoms with van der Waals surface area (Å²) in [5.74, 6) is 1.11. The molecule has 0 radical (unpaired) electrons. The van der Waals surface area contributed by atoms with Crippen molar-refractivity contribution in [2.24, 2.45) is 0 Å². The Morgan fingerprint density at radius 1 is 1.30 bits per heavy atom. The predicted molar refractivity (Wildman–Crippen MR) is 82.9 cm³/mol. The van der Waals surface area contributed by atoms with Crippen molar-refractivity contribution < 1.29 is 5.11 Å². The van der Waals surface area contributed by atoms with Crippen molar-refractivity contribution in [1.29, 1.82) is 0 Å². The van der Waals surface area contributed by atoms with E-state index in [0.717, 1.165) is 36.2 Å². The van der Waals surface area contributed by atoms with Crippen LogP contribution in [-0.2, 0) is 13.0 Å². The third-order valence-electron chi connectivity index (χ3n) is 3.40. The lowest BCUT2D eigenvalue weighted by molar-refractivity contribution is 0.221. The number of aryl methyl sites for hydroxylation is 1. The molecule has 110 valence electrons. The fourth-order valence-corrected chi connectivity index (χ4v) is 2.60. The van der Waals surface area contributed by atoms with Gasteiger partial charge in [-0.05, 0) is 18.6 Å². The van der Waals surface area contributed by atoms with Crippen LogP contribution >= 0.6 is 0 Å². The zero-order valence-corrected chi connectivity index (χ0v) is 12.6. The van der Waals surface area contributed by atoms with Gasteiger partial charge in [0.1, 0.15) is 5.82 Å². The minimum atomic E-state index is 0.0585. The Labute approximate surface area is 120 Å². The van der Waals surface area contributed by atoms with Crippen LogP contribution in [0.3, 0.4) is 0 Å². The van der Waals surface area contributed by atoms with Gasteiger partial charge in [-0.2, -0.15) is 0 Å². The number of imidazole rings is 1. The van der Waals surface area contributed by atoms with Crippen LogP contribution in [0.2, 0.25) is 0 Å². The number of aliphatic hydroxyl groups excluding tert-OH is 1. The number of para-hydroxylation sites is 2. The summed E-state index contributed by atoms with van der Waals surface area (Å²) in [5, 5.41) is 13.0. The molecule has 2 N–H and O–H groups in total. The van der Waals surface area contributed by atoms with Gasteiger partial charge in [-0.1, -0.05) is 32.9 Å². The fourth-order valence-electron chi connectivity index (χ4n) is 2.60. The molecule has 1 unspecified atom stereocenters. The lowest BCUT2D eigenvalue weighted by Gasteiger charge is -2.21. The van der Waals surface area contributed by atoms with E-state index in [0.29, 0.717) is 6.04 Å². The summed E-state index contributed by atoms with van der Waals surface area (Å²) < 4.78 is 2.25. The van der Waals surface area contributed by atoms with Crippen LogP contribution < -0.4 is 5.32 Å². The fraction of sp³-hybridized carbons (Fsp3) is 0.562. The Balaban J connectivity index is 2.32. The molecule has 0 amide bonds. The molecular formula is C16H25N3O. The van der Waals surface area contributed by atoms with E-state index in [4.69, 9.17) is 4.98 Å². The van der Waals surface area contributed by atoms with Gasteiger partial charge in [-0.3, -0.25) is 0 Å². The van der Waals surface area contributed by atoms with Crippen molar-refractivity contribution in [2.75, 3.05) is 6.61 Å². The molecule has 1 atom stereocenters. The number of rotatable bonds is 7. The molecule has 1 aromatic heterocycles. The highest BCUT2D eigenvalue weighted by Crippen LogP contribution is 2.17. The topological polar surface area (TPSA) is 50.1 Å². The van der Waals surface area contributed by atoms with Crippen LogP contribution in [-0.4, -0.2) is 33.3 Å². The first-order chi connectivity index (χ1) is 9.65. The first-order valence-corrected chi connectivity index (χ1v) is 7.46. The molecule has 0 aliphatic carbocycles. The average Bonchev–Trinajstić information content (AvgIpc) is 2.76. The number of hydrogen-bond acceptors (Lipinski definition) is 3. The highest BCUT2D eigenvalue weighted by atomic mass is 16.3. The SMILES string of the molecule is CCCc1nc2ccccc2n1CC(CO)NC(C)C. The molecule has 1 aromatic carbocycles. The first-order valence-electron chi connectivity index (χ1n) is 7.46. The van der Waals surface area contributed by atoms with Crippen molar-refractivity contribution >= 4 is 11.0 Å². The molecule has 20 heavy (non-hydrogen) atoms. The normalized spacial score (nSPS) is 13.2. The number of nitrogens with one attached hydrogen (secondary N) is 1. The molecule has 0 saturated carbocycles. The molecule has 0 saturated heterocycles. The van der Waals surface area contributed by atoms with Gasteiger partial charge in [0.05, 0.1) is 17.6 Å². The molecule has 1 heterocycles. The molecule has 2 aromatic rings. The summed E-state index contributed by atoms with van der Waals surface area (Å²) in [6.45, 7) is 7.25. The van der Waals surface area contributed by atoms with Crippen molar-refractivity contribution in [1.82, 2.24) is 14.9 Å². The van der Waals surface area contributed by atoms with Gasteiger partial charge in [-0.15, -0.1) is 0 Å². The summed E-state index contributed by atoms with van der Waals surface area (Å²) >= 11 is 0. The maximum atomic E-state index is 9.57. The predicted octanol–water partition coefficient (Wildman–Crippen LogP) is 2.35. The van der Waals surface area contributed by atoms with E-state index in [1.165, 1.54) is 0 Å². The van der Waals surface area contributed by atoms with Crippen molar-refractivity contribution in [3.8, 4) is 0 Å². The molecule has 4 nitrogen and oxygen atoms in total. The molecule has 0 aliphatic rings. The zero-order valence-electron chi connectivity index (χ0n) is 12.6. The summed E-state index contributed by atoms with van der Waals surface area (Å²) in [4.78, 5) is 4.72. The Morgan fingerprint density at radius 3 is 2.70 bits per heavy atom. The molecular weight excluding hydrogens is 250 g/mol. The monoisotopic (exact) mass is 275 g/mol. The van der Waals surface area contributed by atoms with Gasteiger partial charge < -0.3 is 15.0 Å². The van der Waals surface area contributed by atoms with E-state index < -0.39 is 0 Å². The molecule has 2 rings (SSSR count). The van der Waals surface area contributed by atoms with Crippen molar-refractivity contribution in [3.63, 3.8) is 0 Å². The third-order valence-corrected chi connectivity index (χ3v) is 3.40. The Kier molecular flexibility index (Phi) is 5.15. The Bertz CT molecular complexity index is 548. The average molecular weight is 275 g/mol. The minimum Gasteiger partial charge on any atom is -0.395 e. The van der Waals surface area contributed by atoms with Gasteiger partial charge in [0, 0.05) is 25.0 Å². The van der Waals surface area contributed by atoms with Crippen LogP contribution in [0.15, 0.2) is 24.3 Å². The van der Waals surface area contributed by atoms with E-state index >= 15 is 0 Å². The van der Waals surface area contributed by atoms with Gasteiger partial charge in [0.25, 0.3) is 0 Å². The Morgan fingerprint density at radius 2 is 2.05 bits per heavy atom. The number of fused-ring (bicyclic) bond motifs is 1. The number of aliphatic hydroxyl groups is 1. The molecule has 0 bridgehead atoms. The van der Waals surface area contributed by atoms with Crippen LogP contribution in [0.1, 0.15) is 33.0 Å². The molecule has 4 heteroatoms. The van der Waals surface area contributed by atoms with E-state index in [2.05, 4.69) is 42.8 Å². The highest BCUT2D eigenvalue weighted by molar-refractivity contribution is 5.75. The molecule has 0 spiro atoms. The van der Waals surface area contributed by atoms with E-state index in [-0.39, 0.29) is 12.6 Å². The number of nitrogens with zero attached hydrogens (tertiary/aromatic N) is 2. The lowest BCUT2D eigenvalue weighted by atomic mass is 10.2. The van der Waals surface area contributed by atoms with Crippen LogP contribution in [0, 0.1) is 0 Å². The zero-order chi connectivity index (χ0) is 14.5. The maximum absolute atomic E-state index is 9.57. The summed E-state index contributed by atoms with van der Waals surface area (Å²) in [6, 6.07) is 8.63. The summed E-state index contributed by atoms with van der Waals surface area (Å²) in [6.07, 6.45) is 2.04. The van der Waals surface area contributed by atoms with E-state index in [1.807, 2.05) is 12.1 Å². The Hall–Kier alpha value is -1.39. The van der Waals surface area contributed by atoms with E-state index in [9.17, 15) is 5.11 Å². The standard InChI is InChI=1S/C16H25N3O/c1-4-7-16-18-14-8-5-6-9-15(14)19(16)10-13(11-20)17-12(2)3/h5-6,8-9,12-13,17,20H,4,7,10-11H2,1-3H3. The van der Waals surface area contributed by atoms with Gasteiger partial charge in [-0.25, -0.2) is 4.98 Å². The third kappa shape index (κ3) is 3.38. The second kappa shape index (κ2) is 6.86. The number of aromatic nitrogens is 2. The van der Waals surface area contributed by atoms with Gasteiger partial charge in [0.2, 0.25) is 0 Å². The second-order valence-electron chi connectivity index (χ2n) is 5.58. The quantitative estimate of drug-likeness (QED) is 0.815. The molecule has 0 aliphatic heterocycles. The van der Waals surface area contributed by atoms with E-state index in [1.54, 1.807) is 0 Å². The maximum Gasteiger partial charge on any atom is 0.109 e. The summed E-state index contributed by atoms with van der Waals surface area (Å²) in [5.41, 5.74) is 2.19. The van der Waals surface area contributed by atoms with Crippen LogP contribution in [0.25, 0.3) is 11.0 Å². The first kappa shape index (κ1) is 15.0. The van der Waals surface area contributed by atoms with Crippen molar-refractivity contribution in [3.05, 3.63) is 30.1 Å². The van der Waals surface area contributed by atoms with Crippen LogP contribution in [0.4, 0.5) is 0 Å². The lowest BCUT2D eigenvalue weighted by Crippen LogP contribution is -2.40. The molecule has 0 fully saturated rings. The smallest absolute Gasteiger partial charge is 0.109 e. The minimum absolute atomic E-state index is 0.0585. The van der Waals surface area contributed by atoms with Crippen LogP contribution in [0.5, 0.6) is 0 Å². The van der Waals surface area contributed by atoms with Gasteiger partial charge >= 0.3 is 0 Å².